The molecule has 0 amide bonds. The summed E-state index contributed by atoms with van der Waals surface area (Å²) in [5.41, 5.74) is 2.93. The molecule has 126 valence electrons. The van der Waals surface area contributed by atoms with Crippen LogP contribution in [-0.4, -0.2) is 5.97 Å². The van der Waals surface area contributed by atoms with Crippen molar-refractivity contribution in [3.05, 3.63) is 89.7 Å². The molecule has 0 bridgehead atoms. The molecule has 0 heterocycles. The standard InChI is InChI=1S/C22H19FO2/c1-15-7-6-10-19(13-15)25-22(24)16(2)18-11-12-20(21(23)14-18)17-8-4-3-5-9-17/h3-14,16H,1-2H3. The molecule has 0 aliphatic rings. The first-order valence-corrected chi connectivity index (χ1v) is 8.18. The summed E-state index contributed by atoms with van der Waals surface area (Å²) in [6.07, 6.45) is 0. The van der Waals surface area contributed by atoms with Gasteiger partial charge in [0.05, 0.1) is 5.92 Å². The Bertz CT molecular complexity index is 888. The number of esters is 1. The van der Waals surface area contributed by atoms with Crippen molar-refractivity contribution >= 4 is 5.97 Å². The third-order valence-electron chi connectivity index (χ3n) is 4.14. The van der Waals surface area contributed by atoms with Crippen LogP contribution in [0.3, 0.4) is 0 Å². The highest BCUT2D eigenvalue weighted by molar-refractivity contribution is 5.80. The maximum Gasteiger partial charge on any atom is 0.318 e. The van der Waals surface area contributed by atoms with Crippen LogP contribution in [0.1, 0.15) is 24.0 Å². The number of hydrogen-bond acceptors (Lipinski definition) is 2. The van der Waals surface area contributed by atoms with Crippen LogP contribution in [0.2, 0.25) is 0 Å². The lowest BCUT2D eigenvalue weighted by Gasteiger charge is -2.13. The van der Waals surface area contributed by atoms with Gasteiger partial charge >= 0.3 is 5.97 Å². The molecule has 3 aromatic carbocycles. The molecule has 0 aromatic heterocycles. The van der Waals surface area contributed by atoms with Crippen LogP contribution in [0.5, 0.6) is 5.75 Å². The minimum atomic E-state index is -0.556. The molecule has 0 fully saturated rings. The van der Waals surface area contributed by atoms with Crippen LogP contribution in [0.15, 0.2) is 72.8 Å². The molecule has 0 radical (unpaired) electrons. The molecular weight excluding hydrogens is 315 g/mol. The monoisotopic (exact) mass is 334 g/mol. The number of aryl methyl sites for hydroxylation is 1. The van der Waals surface area contributed by atoms with E-state index in [2.05, 4.69) is 0 Å². The van der Waals surface area contributed by atoms with E-state index in [0.29, 0.717) is 16.9 Å². The summed E-state index contributed by atoms with van der Waals surface area (Å²) in [5.74, 6) is -0.811. The summed E-state index contributed by atoms with van der Waals surface area (Å²) in [4.78, 5) is 12.3. The molecule has 0 saturated carbocycles. The Hall–Kier alpha value is -2.94. The average Bonchev–Trinajstić information content (AvgIpc) is 2.61. The van der Waals surface area contributed by atoms with E-state index in [9.17, 15) is 9.18 Å². The van der Waals surface area contributed by atoms with E-state index in [1.807, 2.05) is 49.4 Å². The Labute approximate surface area is 146 Å². The highest BCUT2D eigenvalue weighted by Gasteiger charge is 2.19. The van der Waals surface area contributed by atoms with Gasteiger partial charge in [-0.1, -0.05) is 54.6 Å². The predicted molar refractivity (Wildman–Crippen MR) is 97.1 cm³/mol. The summed E-state index contributed by atoms with van der Waals surface area (Å²) in [7, 11) is 0. The first-order chi connectivity index (χ1) is 12.0. The molecule has 0 aliphatic carbocycles. The van der Waals surface area contributed by atoms with Gasteiger partial charge in [0, 0.05) is 5.56 Å². The molecule has 25 heavy (non-hydrogen) atoms. The lowest BCUT2D eigenvalue weighted by atomic mass is 9.97. The van der Waals surface area contributed by atoms with E-state index in [1.54, 1.807) is 31.2 Å². The normalized spacial score (nSPS) is 11.8. The van der Waals surface area contributed by atoms with Gasteiger partial charge in [-0.25, -0.2) is 4.39 Å². The highest BCUT2D eigenvalue weighted by Crippen LogP contribution is 2.27. The smallest absolute Gasteiger partial charge is 0.318 e. The number of carbonyl (C=O) groups is 1. The summed E-state index contributed by atoms with van der Waals surface area (Å²) in [6, 6.07) is 21.5. The van der Waals surface area contributed by atoms with E-state index < -0.39 is 11.9 Å². The summed E-state index contributed by atoms with van der Waals surface area (Å²) in [5, 5.41) is 0. The third kappa shape index (κ3) is 3.94. The zero-order valence-corrected chi connectivity index (χ0v) is 14.2. The predicted octanol–water partition coefficient (Wildman–Crippen LogP) is 5.51. The van der Waals surface area contributed by atoms with Gasteiger partial charge in [-0.2, -0.15) is 0 Å². The van der Waals surface area contributed by atoms with Gasteiger partial charge < -0.3 is 4.74 Å². The lowest BCUT2D eigenvalue weighted by Crippen LogP contribution is -2.16. The number of ether oxygens (including phenoxy) is 1. The van der Waals surface area contributed by atoms with Crippen molar-refractivity contribution in [2.24, 2.45) is 0 Å². The van der Waals surface area contributed by atoms with Gasteiger partial charge in [0.1, 0.15) is 11.6 Å². The molecule has 0 aliphatic heterocycles. The first-order valence-electron chi connectivity index (χ1n) is 8.18. The summed E-state index contributed by atoms with van der Waals surface area (Å²) >= 11 is 0. The van der Waals surface area contributed by atoms with Crippen molar-refractivity contribution in [3.63, 3.8) is 0 Å². The molecule has 1 atom stereocenters. The van der Waals surface area contributed by atoms with Crippen LogP contribution in [-0.2, 0) is 4.79 Å². The van der Waals surface area contributed by atoms with Gasteiger partial charge in [0.25, 0.3) is 0 Å². The van der Waals surface area contributed by atoms with Crippen molar-refractivity contribution in [3.8, 4) is 16.9 Å². The molecule has 3 heteroatoms. The van der Waals surface area contributed by atoms with Crippen LogP contribution < -0.4 is 4.74 Å². The molecule has 0 N–H and O–H groups in total. The molecule has 3 aromatic rings. The number of benzene rings is 3. The average molecular weight is 334 g/mol. The molecular formula is C22H19FO2. The van der Waals surface area contributed by atoms with E-state index in [1.165, 1.54) is 6.07 Å². The topological polar surface area (TPSA) is 26.3 Å². The number of rotatable bonds is 4. The minimum Gasteiger partial charge on any atom is -0.426 e. The Morgan fingerprint density at radius 3 is 2.40 bits per heavy atom. The maximum atomic E-state index is 14.5. The zero-order valence-electron chi connectivity index (χ0n) is 14.2. The van der Waals surface area contributed by atoms with Gasteiger partial charge in [-0.15, -0.1) is 0 Å². The second-order valence-corrected chi connectivity index (χ2v) is 6.06. The quantitative estimate of drug-likeness (QED) is 0.464. The number of hydrogen-bond donors (Lipinski definition) is 0. The van der Waals surface area contributed by atoms with Crippen molar-refractivity contribution in [2.75, 3.05) is 0 Å². The van der Waals surface area contributed by atoms with Crippen LogP contribution in [0, 0.1) is 12.7 Å². The second kappa shape index (κ2) is 7.31. The Morgan fingerprint density at radius 2 is 1.72 bits per heavy atom. The Kier molecular flexibility index (Phi) is 4.94. The summed E-state index contributed by atoms with van der Waals surface area (Å²) < 4.78 is 19.9. The Morgan fingerprint density at radius 1 is 0.960 bits per heavy atom. The molecule has 0 spiro atoms. The fourth-order valence-electron chi connectivity index (χ4n) is 2.67. The van der Waals surface area contributed by atoms with Crippen LogP contribution in [0.25, 0.3) is 11.1 Å². The van der Waals surface area contributed by atoms with E-state index in [4.69, 9.17) is 4.74 Å². The van der Waals surface area contributed by atoms with E-state index >= 15 is 0 Å². The summed E-state index contributed by atoms with van der Waals surface area (Å²) in [6.45, 7) is 3.65. The number of carbonyl (C=O) groups excluding carboxylic acids is 1. The lowest BCUT2D eigenvalue weighted by molar-refractivity contribution is -0.135. The largest absolute Gasteiger partial charge is 0.426 e. The van der Waals surface area contributed by atoms with Crippen LogP contribution in [0.4, 0.5) is 4.39 Å². The fourth-order valence-corrected chi connectivity index (χ4v) is 2.67. The SMILES string of the molecule is Cc1cccc(OC(=O)C(C)c2ccc(-c3ccccc3)c(F)c2)c1. The van der Waals surface area contributed by atoms with Gasteiger partial charge in [0.2, 0.25) is 0 Å². The fraction of sp³-hybridized carbons (Fsp3) is 0.136. The van der Waals surface area contributed by atoms with Gasteiger partial charge in [0.15, 0.2) is 0 Å². The van der Waals surface area contributed by atoms with E-state index in [-0.39, 0.29) is 5.82 Å². The van der Waals surface area contributed by atoms with Crippen molar-refractivity contribution < 1.29 is 13.9 Å². The molecule has 1 unspecified atom stereocenters. The first kappa shape index (κ1) is 16.9. The number of halogens is 1. The second-order valence-electron chi connectivity index (χ2n) is 6.06. The molecule has 2 nitrogen and oxygen atoms in total. The van der Waals surface area contributed by atoms with Crippen molar-refractivity contribution in [1.82, 2.24) is 0 Å². The zero-order chi connectivity index (χ0) is 17.8. The minimum absolute atomic E-state index is 0.348. The molecule has 0 saturated heterocycles. The van der Waals surface area contributed by atoms with Crippen molar-refractivity contribution in [1.29, 1.82) is 0 Å². The molecule has 3 rings (SSSR count). The van der Waals surface area contributed by atoms with Crippen LogP contribution >= 0.6 is 0 Å². The van der Waals surface area contributed by atoms with E-state index in [0.717, 1.165) is 11.1 Å². The van der Waals surface area contributed by atoms with Crippen molar-refractivity contribution in [2.45, 2.75) is 19.8 Å². The third-order valence-corrected chi connectivity index (χ3v) is 4.14. The van der Waals surface area contributed by atoms with Gasteiger partial charge in [-0.3, -0.25) is 4.79 Å². The van der Waals surface area contributed by atoms with Gasteiger partial charge in [-0.05, 0) is 48.7 Å². The highest BCUT2D eigenvalue weighted by atomic mass is 19.1. The Balaban J connectivity index is 1.79. The maximum absolute atomic E-state index is 14.5.